The second-order valence-electron chi connectivity index (χ2n) is 4.70. The number of thiazole rings is 1. The lowest BCUT2D eigenvalue weighted by atomic mass is 10.0. The van der Waals surface area contributed by atoms with E-state index >= 15 is 0 Å². The number of aryl methyl sites for hydroxylation is 1. The van der Waals surface area contributed by atoms with Crippen LogP contribution in [0.25, 0.3) is 0 Å². The van der Waals surface area contributed by atoms with Crippen LogP contribution in [0.15, 0.2) is 29.8 Å². The van der Waals surface area contributed by atoms with Gasteiger partial charge in [0.25, 0.3) is 0 Å². The van der Waals surface area contributed by atoms with Gasteiger partial charge in [-0.1, -0.05) is 12.1 Å². The Balaban J connectivity index is 2.38. The van der Waals surface area contributed by atoms with Crippen molar-refractivity contribution in [3.8, 4) is 6.07 Å². The lowest BCUT2D eigenvalue weighted by Gasteiger charge is -2.26. The Kier molecular flexibility index (Phi) is 3.35. The zero-order valence-electron chi connectivity index (χ0n) is 10.7. The highest BCUT2D eigenvalue weighted by atomic mass is 32.1. The van der Waals surface area contributed by atoms with E-state index in [9.17, 15) is 0 Å². The first-order valence-corrected chi connectivity index (χ1v) is 6.60. The smallest absolute Gasteiger partial charge is 0.117 e. The van der Waals surface area contributed by atoms with Crippen LogP contribution in [0.3, 0.4) is 0 Å². The molecule has 0 bridgehead atoms. The zero-order valence-corrected chi connectivity index (χ0v) is 11.5. The number of rotatable bonds is 3. The van der Waals surface area contributed by atoms with E-state index in [0.29, 0.717) is 5.56 Å². The van der Waals surface area contributed by atoms with Crippen LogP contribution in [0.4, 0.5) is 5.69 Å². The highest BCUT2D eigenvalue weighted by Gasteiger charge is 2.24. The van der Waals surface area contributed by atoms with E-state index in [4.69, 9.17) is 5.26 Å². The van der Waals surface area contributed by atoms with Gasteiger partial charge in [-0.25, -0.2) is 4.98 Å². The Bertz CT molecular complexity index is 580. The van der Waals surface area contributed by atoms with Crippen molar-refractivity contribution >= 4 is 17.0 Å². The van der Waals surface area contributed by atoms with Crippen molar-refractivity contribution in [1.29, 1.82) is 5.26 Å². The fourth-order valence-electron chi connectivity index (χ4n) is 1.82. The Morgan fingerprint density at radius 3 is 2.78 bits per heavy atom. The first-order chi connectivity index (χ1) is 8.54. The molecule has 0 amide bonds. The second-order valence-corrected chi connectivity index (χ2v) is 5.59. The number of para-hydroxylation sites is 1. The SMILES string of the molecule is Cc1cccc(C#N)c1NC(C)(C)c1nccs1. The van der Waals surface area contributed by atoms with Crippen molar-refractivity contribution in [2.24, 2.45) is 0 Å². The highest BCUT2D eigenvalue weighted by Crippen LogP contribution is 2.30. The number of nitriles is 1. The minimum atomic E-state index is -0.286. The predicted molar refractivity (Wildman–Crippen MR) is 74.7 cm³/mol. The molecule has 0 saturated heterocycles. The Hall–Kier alpha value is -1.86. The van der Waals surface area contributed by atoms with Gasteiger partial charge in [-0.05, 0) is 32.4 Å². The minimum Gasteiger partial charge on any atom is -0.372 e. The molecule has 0 saturated carbocycles. The molecule has 1 aromatic heterocycles. The van der Waals surface area contributed by atoms with Gasteiger partial charge in [-0.3, -0.25) is 0 Å². The number of benzene rings is 1. The molecule has 0 aliphatic rings. The summed E-state index contributed by atoms with van der Waals surface area (Å²) in [6.45, 7) is 6.14. The lowest BCUT2D eigenvalue weighted by Crippen LogP contribution is -2.28. The summed E-state index contributed by atoms with van der Waals surface area (Å²) in [6.07, 6.45) is 1.80. The molecule has 1 aromatic carbocycles. The summed E-state index contributed by atoms with van der Waals surface area (Å²) in [4.78, 5) is 4.34. The van der Waals surface area contributed by atoms with Gasteiger partial charge < -0.3 is 5.32 Å². The molecule has 0 spiro atoms. The summed E-state index contributed by atoms with van der Waals surface area (Å²) in [5.74, 6) is 0. The molecule has 18 heavy (non-hydrogen) atoms. The van der Waals surface area contributed by atoms with Crippen molar-refractivity contribution in [1.82, 2.24) is 4.98 Å². The third-order valence-corrected chi connectivity index (χ3v) is 3.89. The molecule has 0 atom stereocenters. The van der Waals surface area contributed by atoms with E-state index in [2.05, 4.69) is 30.2 Å². The Labute approximate surface area is 111 Å². The molecule has 4 heteroatoms. The summed E-state index contributed by atoms with van der Waals surface area (Å²) in [5.41, 5.74) is 2.34. The largest absolute Gasteiger partial charge is 0.372 e. The Morgan fingerprint density at radius 2 is 2.17 bits per heavy atom. The molecular weight excluding hydrogens is 242 g/mol. The average molecular weight is 257 g/mol. The molecule has 2 aromatic rings. The molecule has 92 valence electrons. The number of aromatic nitrogens is 1. The van der Waals surface area contributed by atoms with E-state index < -0.39 is 0 Å². The maximum atomic E-state index is 9.17. The van der Waals surface area contributed by atoms with E-state index in [1.165, 1.54) is 0 Å². The van der Waals surface area contributed by atoms with Gasteiger partial charge in [0, 0.05) is 11.6 Å². The third-order valence-electron chi connectivity index (χ3n) is 2.80. The number of anilines is 1. The van der Waals surface area contributed by atoms with E-state index in [0.717, 1.165) is 16.3 Å². The number of hydrogen-bond acceptors (Lipinski definition) is 4. The molecule has 1 heterocycles. The molecule has 0 unspecified atom stereocenters. The fraction of sp³-hybridized carbons (Fsp3) is 0.286. The number of hydrogen-bond donors (Lipinski definition) is 1. The lowest BCUT2D eigenvalue weighted by molar-refractivity contribution is 0.603. The van der Waals surface area contributed by atoms with Crippen LogP contribution < -0.4 is 5.32 Å². The molecular formula is C14H15N3S. The monoisotopic (exact) mass is 257 g/mol. The van der Waals surface area contributed by atoms with Crippen LogP contribution in [0.5, 0.6) is 0 Å². The summed E-state index contributed by atoms with van der Waals surface area (Å²) in [6, 6.07) is 7.95. The topological polar surface area (TPSA) is 48.7 Å². The third kappa shape index (κ3) is 2.36. The quantitative estimate of drug-likeness (QED) is 0.912. The first kappa shape index (κ1) is 12.6. The maximum Gasteiger partial charge on any atom is 0.117 e. The van der Waals surface area contributed by atoms with Crippen molar-refractivity contribution in [3.05, 3.63) is 45.9 Å². The molecule has 2 rings (SSSR count). The number of nitrogens with zero attached hydrogens (tertiary/aromatic N) is 2. The molecule has 1 N–H and O–H groups in total. The van der Waals surface area contributed by atoms with Gasteiger partial charge in [-0.2, -0.15) is 5.26 Å². The zero-order chi connectivity index (χ0) is 13.2. The number of nitrogens with one attached hydrogen (secondary N) is 1. The van der Waals surface area contributed by atoms with Crippen LogP contribution in [-0.2, 0) is 5.54 Å². The van der Waals surface area contributed by atoms with E-state index in [1.807, 2.05) is 30.5 Å². The van der Waals surface area contributed by atoms with Gasteiger partial charge in [-0.15, -0.1) is 11.3 Å². The van der Waals surface area contributed by atoms with Crippen LogP contribution >= 0.6 is 11.3 Å². The van der Waals surface area contributed by atoms with Crippen molar-refractivity contribution in [2.75, 3.05) is 5.32 Å². The van der Waals surface area contributed by atoms with E-state index in [1.54, 1.807) is 17.5 Å². The average Bonchev–Trinajstić information content (AvgIpc) is 2.86. The fourth-order valence-corrected chi connectivity index (χ4v) is 2.54. The van der Waals surface area contributed by atoms with Crippen LogP contribution in [0.2, 0.25) is 0 Å². The van der Waals surface area contributed by atoms with Crippen molar-refractivity contribution < 1.29 is 0 Å². The van der Waals surface area contributed by atoms with Crippen LogP contribution in [0, 0.1) is 18.3 Å². The standard InChI is InChI=1S/C14H15N3S/c1-10-5-4-6-11(9-15)12(10)17-14(2,3)13-16-7-8-18-13/h4-8,17H,1-3H3. The van der Waals surface area contributed by atoms with Gasteiger partial charge in [0.05, 0.1) is 16.8 Å². The predicted octanol–water partition coefficient (Wildman–Crippen LogP) is 3.67. The maximum absolute atomic E-state index is 9.17. The highest BCUT2D eigenvalue weighted by molar-refractivity contribution is 7.09. The van der Waals surface area contributed by atoms with Crippen LogP contribution in [0.1, 0.15) is 30.0 Å². The van der Waals surface area contributed by atoms with Gasteiger partial charge >= 0.3 is 0 Å². The summed E-state index contributed by atoms with van der Waals surface area (Å²) in [7, 11) is 0. The first-order valence-electron chi connectivity index (χ1n) is 5.72. The normalized spacial score (nSPS) is 11.0. The minimum absolute atomic E-state index is 0.286. The molecule has 0 aliphatic carbocycles. The summed E-state index contributed by atoms with van der Waals surface area (Å²) in [5, 5.41) is 15.6. The molecule has 0 aliphatic heterocycles. The van der Waals surface area contributed by atoms with Crippen LogP contribution in [-0.4, -0.2) is 4.98 Å². The van der Waals surface area contributed by atoms with Gasteiger partial charge in [0.1, 0.15) is 11.1 Å². The molecule has 3 nitrogen and oxygen atoms in total. The van der Waals surface area contributed by atoms with E-state index in [-0.39, 0.29) is 5.54 Å². The molecule has 0 radical (unpaired) electrons. The van der Waals surface area contributed by atoms with Gasteiger partial charge in [0.15, 0.2) is 0 Å². The van der Waals surface area contributed by atoms with Crippen molar-refractivity contribution in [2.45, 2.75) is 26.3 Å². The Morgan fingerprint density at radius 1 is 1.39 bits per heavy atom. The molecule has 0 fully saturated rings. The second kappa shape index (κ2) is 4.79. The van der Waals surface area contributed by atoms with Crippen molar-refractivity contribution in [3.63, 3.8) is 0 Å². The summed E-state index contributed by atoms with van der Waals surface area (Å²) >= 11 is 1.61. The summed E-state index contributed by atoms with van der Waals surface area (Å²) < 4.78 is 0. The van der Waals surface area contributed by atoms with Gasteiger partial charge in [0.2, 0.25) is 0 Å².